The molecule has 35 heavy (non-hydrogen) atoms. The van der Waals surface area contributed by atoms with E-state index in [0.29, 0.717) is 56.0 Å². The van der Waals surface area contributed by atoms with Gasteiger partial charge in [0.05, 0.1) is 34.3 Å². The average molecular weight is 562 g/mol. The van der Waals surface area contributed by atoms with E-state index in [-0.39, 0.29) is 12.5 Å². The number of amidine groups is 1. The van der Waals surface area contributed by atoms with Gasteiger partial charge in [-0.05, 0) is 89.6 Å². The SMILES string of the molecule is CCOc1cc(/C=C2/SC(=Nc3ccc(C(=O)OC)cc3)N(CC)C2=O)cc(Br)c1OCC(N)=O. The molecule has 0 aliphatic carbocycles. The normalized spacial score (nSPS) is 15.5. The van der Waals surface area contributed by atoms with Crippen LogP contribution in [0.2, 0.25) is 0 Å². The quantitative estimate of drug-likeness (QED) is 0.361. The second-order valence-corrected chi connectivity index (χ2v) is 8.97. The number of likely N-dealkylation sites (N-methyl/N-ethyl adjacent to an activating group) is 1. The van der Waals surface area contributed by atoms with Crippen LogP contribution in [0.5, 0.6) is 11.5 Å². The number of hydrogen-bond acceptors (Lipinski definition) is 8. The summed E-state index contributed by atoms with van der Waals surface area (Å²) in [6.07, 6.45) is 1.74. The summed E-state index contributed by atoms with van der Waals surface area (Å²) < 4.78 is 16.4. The summed E-state index contributed by atoms with van der Waals surface area (Å²) in [7, 11) is 1.32. The number of rotatable bonds is 9. The van der Waals surface area contributed by atoms with E-state index in [0.717, 1.165) is 0 Å². The Hall–Kier alpha value is -3.31. The maximum Gasteiger partial charge on any atom is 0.337 e. The van der Waals surface area contributed by atoms with Crippen molar-refractivity contribution >= 4 is 62.4 Å². The third kappa shape index (κ3) is 6.43. The number of benzene rings is 2. The van der Waals surface area contributed by atoms with Crippen molar-refractivity contribution in [1.29, 1.82) is 0 Å². The molecule has 1 aliphatic heterocycles. The number of thioether (sulfide) groups is 1. The highest BCUT2D eigenvalue weighted by Gasteiger charge is 2.32. The van der Waals surface area contributed by atoms with Crippen molar-refractivity contribution in [3.8, 4) is 11.5 Å². The number of methoxy groups -OCH3 is 1. The minimum atomic E-state index is -0.607. The molecule has 0 aromatic heterocycles. The molecule has 0 atom stereocenters. The minimum absolute atomic E-state index is 0.175. The molecule has 1 fully saturated rings. The van der Waals surface area contributed by atoms with E-state index in [9.17, 15) is 14.4 Å². The molecular weight excluding hydrogens is 538 g/mol. The maximum atomic E-state index is 13.0. The molecule has 2 aromatic carbocycles. The van der Waals surface area contributed by atoms with Crippen molar-refractivity contribution in [1.82, 2.24) is 4.90 Å². The lowest BCUT2D eigenvalue weighted by Gasteiger charge is -2.14. The Bertz CT molecular complexity index is 1200. The number of halogens is 1. The third-order valence-electron chi connectivity index (χ3n) is 4.71. The summed E-state index contributed by atoms with van der Waals surface area (Å²) in [6.45, 7) is 4.22. The van der Waals surface area contributed by atoms with Crippen molar-refractivity contribution in [2.75, 3.05) is 26.9 Å². The topological polar surface area (TPSA) is 121 Å². The number of carbonyl (C=O) groups excluding carboxylic acids is 3. The zero-order chi connectivity index (χ0) is 25.5. The Labute approximate surface area is 215 Å². The molecule has 2 aromatic rings. The van der Waals surface area contributed by atoms with Crippen molar-refractivity contribution in [2.45, 2.75) is 13.8 Å². The smallest absolute Gasteiger partial charge is 0.337 e. The number of ether oxygens (including phenoxy) is 3. The summed E-state index contributed by atoms with van der Waals surface area (Å²) in [5, 5.41) is 0.528. The van der Waals surface area contributed by atoms with Gasteiger partial charge in [0.1, 0.15) is 0 Å². The van der Waals surface area contributed by atoms with Crippen LogP contribution >= 0.6 is 27.7 Å². The predicted octanol–water partition coefficient (Wildman–Crippen LogP) is 4.12. The van der Waals surface area contributed by atoms with Crippen LogP contribution in [-0.2, 0) is 14.3 Å². The Balaban J connectivity index is 1.91. The van der Waals surface area contributed by atoms with E-state index in [1.54, 1.807) is 47.4 Å². The van der Waals surface area contributed by atoms with Gasteiger partial charge in [0.15, 0.2) is 23.3 Å². The summed E-state index contributed by atoms with van der Waals surface area (Å²) in [5.74, 6) is -0.447. The molecule has 184 valence electrons. The Morgan fingerprint density at radius 1 is 1.17 bits per heavy atom. The molecule has 0 unspecified atom stereocenters. The molecule has 2 amide bonds. The van der Waals surface area contributed by atoms with Crippen molar-refractivity contribution < 1.29 is 28.6 Å². The first kappa shape index (κ1) is 26.3. The highest BCUT2D eigenvalue weighted by Crippen LogP contribution is 2.39. The van der Waals surface area contributed by atoms with Crippen molar-refractivity contribution in [3.63, 3.8) is 0 Å². The van der Waals surface area contributed by atoms with E-state index in [1.807, 2.05) is 13.8 Å². The number of carbonyl (C=O) groups is 3. The van der Waals surface area contributed by atoms with Gasteiger partial charge in [-0.2, -0.15) is 0 Å². The number of aliphatic imine (C=N–C) groups is 1. The Morgan fingerprint density at radius 2 is 1.89 bits per heavy atom. The van der Waals surface area contributed by atoms with Gasteiger partial charge < -0.3 is 19.9 Å². The van der Waals surface area contributed by atoms with Crippen LogP contribution in [0.4, 0.5) is 5.69 Å². The monoisotopic (exact) mass is 561 g/mol. The predicted molar refractivity (Wildman–Crippen MR) is 138 cm³/mol. The van der Waals surface area contributed by atoms with E-state index < -0.39 is 11.9 Å². The molecule has 1 aliphatic rings. The van der Waals surface area contributed by atoms with Crippen LogP contribution in [0.25, 0.3) is 6.08 Å². The number of primary amides is 1. The molecule has 1 saturated heterocycles. The number of esters is 1. The molecule has 11 heteroatoms. The molecule has 0 spiro atoms. The largest absolute Gasteiger partial charge is 0.490 e. The van der Waals surface area contributed by atoms with Gasteiger partial charge in [0, 0.05) is 6.54 Å². The molecular formula is C24H24BrN3O6S. The first-order chi connectivity index (χ1) is 16.8. The number of amides is 2. The van der Waals surface area contributed by atoms with Gasteiger partial charge in [-0.15, -0.1) is 0 Å². The third-order valence-corrected chi connectivity index (χ3v) is 6.30. The summed E-state index contributed by atoms with van der Waals surface area (Å²) in [5.41, 5.74) is 6.90. The van der Waals surface area contributed by atoms with Gasteiger partial charge in [-0.1, -0.05) is 0 Å². The van der Waals surface area contributed by atoms with Crippen LogP contribution in [0.15, 0.2) is 50.8 Å². The molecule has 0 radical (unpaired) electrons. The van der Waals surface area contributed by atoms with Crippen molar-refractivity contribution in [3.05, 3.63) is 56.9 Å². The minimum Gasteiger partial charge on any atom is -0.490 e. The zero-order valence-corrected chi connectivity index (χ0v) is 21.8. The van der Waals surface area contributed by atoms with E-state index in [2.05, 4.69) is 20.9 Å². The molecule has 0 saturated carbocycles. The fourth-order valence-electron chi connectivity index (χ4n) is 3.14. The first-order valence-electron chi connectivity index (χ1n) is 10.6. The van der Waals surface area contributed by atoms with Crippen molar-refractivity contribution in [2.24, 2.45) is 10.7 Å². The van der Waals surface area contributed by atoms with Crippen LogP contribution in [0, 0.1) is 0 Å². The molecule has 2 N–H and O–H groups in total. The van der Waals surface area contributed by atoms with Gasteiger partial charge in [0.2, 0.25) is 0 Å². The number of nitrogens with zero attached hydrogens (tertiary/aromatic N) is 2. The van der Waals surface area contributed by atoms with Gasteiger partial charge in [0.25, 0.3) is 11.8 Å². The fraction of sp³-hybridized carbons (Fsp3) is 0.250. The lowest BCUT2D eigenvalue weighted by atomic mass is 10.2. The highest BCUT2D eigenvalue weighted by molar-refractivity contribution is 9.10. The molecule has 9 nitrogen and oxygen atoms in total. The van der Waals surface area contributed by atoms with Gasteiger partial charge >= 0.3 is 5.97 Å². The van der Waals surface area contributed by atoms with Gasteiger partial charge in [-0.25, -0.2) is 9.79 Å². The molecule has 0 bridgehead atoms. The number of nitrogens with two attached hydrogens (primary N) is 1. The molecule has 1 heterocycles. The van der Waals surface area contributed by atoms with Crippen LogP contribution in [0.1, 0.15) is 29.8 Å². The lowest BCUT2D eigenvalue weighted by Crippen LogP contribution is -2.28. The highest BCUT2D eigenvalue weighted by atomic mass is 79.9. The first-order valence-corrected chi connectivity index (χ1v) is 12.2. The summed E-state index contributed by atoms with van der Waals surface area (Å²) >= 11 is 4.69. The second kappa shape index (κ2) is 11.9. The lowest BCUT2D eigenvalue weighted by molar-refractivity contribution is -0.122. The zero-order valence-electron chi connectivity index (χ0n) is 19.4. The fourth-order valence-corrected chi connectivity index (χ4v) is 4.78. The van der Waals surface area contributed by atoms with E-state index in [1.165, 1.54) is 18.9 Å². The average Bonchev–Trinajstić information content (AvgIpc) is 3.12. The van der Waals surface area contributed by atoms with Crippen LogP contribution in [-0.4, -0.2) is 54.7 Å². The van der Waals surface area contributed by atoms with Crippen LogP contribution in [0.3, 0.4) is 0 Å². The van der Waals surface area contributed by atoms with Gasteiger partial charge in [-0.3, -0.25) is 14.5 Å². The Kier molecular flexibility index (Phi) is 8.94. The standard InChI is InChI=1S/C24H24BrN3O6S/c1-4-28-22(30)19(35-24(28)27-16-8-6-15(7-9-16)23(31)32-3)12-14-10-17(25)21(34-13-20(26)29)18(11-14)33-5-2/h6-12H,4-5,13H2,1-3H3,(H2,26,29)/b19-12+,27-24?. The van der Waals surface area contributed by atoms with E-state index in [4.69, 9.17) is 19.9 Å². The molecule has 3 rings (SSSR count). The second-order valence-electron chi connectivity index (χ2n) is 7.11. The Morgan fingerprint density at radius 3 is 2.49 bits per heavy atom. The van der Waals surface area contributed by atoms with Crippen LogP contribution < -0.4 is 15.2 Å². The van der Waals surface area contributed by atoms with E-state index >= 15 is 0 Å². The summed E-state index contributed by atoms with van der Waals surface area (Å²) in [4.78, 5) is 42.5. The maximum absolute atomic E-state index is 13.0. The number of hydrogen-bond donors (Lipinski definition) is 1. The summed E-state index contributed by atoms with van der Waals surface area (Å²) in [6, 6.07) is 10.1.